The van der Waals surface area contributed by atoms with Gasteiger partial charge in [-0.3, -0.25) is 0 Å². The Labute approximate surface area is 202 Å². The van der Waals surface area contributed by atoms with Gasteiger partial charge in [-0.25, -0.2) is 0 Å². The van der Waals surface area contributed by atoms with Crippen molar-refractivity contribution in [3.63, 3.8) is 0 Å². The van der Waals surface area contributed by atoms with Crippen LogP contribution < -0.4 is 10.1 Å². The van der Waals surface area contributed by atoms with Gasteiger partial charge in [0.25, 0.3) is 0 Å². The van der Waals surface area contributed by atoms with Gasteiger partial charge in [0.2, 0.25) is 11.0 Å². The lowest BCUT2D eigenvalue weighted by Gasteiger charge is -2.35. The number of benzene rings is 1. The summed E-state index contributed by atoms with van der Waals surface area (Å²) < 4.78 is 6.57. The summed E-state index contributed by atoms with van der Waals surface area (Å²) in [4.78, 5) is 4.79. The molecule has 1 aromatic carbocycles. The second kappa shape index (κ2) is 11.2. The van der Waals surface area contributed by atoms with Gasteiger partial charge in [0, 0.05) is 22.9 Å². The molecule has 3 atom stereocenters. The van der Waals surface area contributed by atoms with Crippen LogP contribution in [0.3, 0.4) is 0 Å². The number of nitrogens with one attached hydrogen (secondary N) is 1. The van der Waals surface area contributed by atoms with Crippen LogP contribution in [0, 0.1) is 11.8 Å². The Kier molecular flexibility index (Phi) is 8.07. The summed E-state index contributed by atoms with van der Waals surface area (Å²) in [6.07, 6.45) is 11.3. The molecule has 1 aliphatic heterocycles. The van der Waals surface area contributed by atoms with Gasteiger partial charge in [-0.15, -0.1) is 10.2 Å². The fourth-order valence-electron chi connectivity index (χ4n) is 4.59. The number of anilines is 1. The molecule has 0 spiro atoms. The number of allylic oxidation sites excluding steroid dienone is 4. The molecule has 176 valence electrons. The number of para-hydroxylation sites is 1. The van der Waals surface area contributed by atoms with Crippen LogP contribution in [-0.4, -0.2) is 27.2 Å². The molecule has 2 heterocycles. The molecule has 2 aromatic rings. The summed E-state index contributed by atoms with van der Waals surface area (Å²) in [7, 11) is 0. The quantitative estimate of drug-likeness (QED) is 0.252. The largest absolute Gasteiger partial charge is 0.452 e. The topological polar surface area (TPSA) is 59.9 Å². The SMILES string of the molecule is CCCCSc1nnc2c(n1)O[C@@H]([C@H]1CC=C(CCC=C(C)C)C[C@@H]1C)Nc1ccccc1-2. The Balaban J connectivity index is 1.56. The molecule has 1 N–H and O–H groups in total. The molecule has 0 unspecified atom stereocenters. The summed E-state index contributed by atoms with van der Waals surface area (Å²) in [5.41, 5.74) is 5.73. The Morgan fingerprint density at radius 1 is 1.24 bits per heavy atom. The molecule has 6 heteroatoms. The van der Waals surface area contributed by atoms with Crippen LogP contribution in [0.4, 0.5) is 5.69 Å². The van der Waals surface area contributed by atoms with Crippen LogP contribution in [0.2, 0.25) is 0 Å². The number of fused-ring (bicyclic) bond motifs is 3. The monoisotopic (exact) mass is 464 g/mol. The van der Waals surface area contributed by atoms with Gasteiger partial charge in [-0.1, -0.05) is 73.5 Å². The second-order valence-corrected chi connectivity index (χ2v) is 10.5. The van der Waals surface area contributed by atoms with E-state index in [9.17, 15) is 0 Å². The lowest BCUT2D eigenvalue weighted by atomic mass is 9.78. The van der Waals surface area contributed by atoms with E-state index in [2.05, 4.69) is 73.6 Å². The molecule has 2 aliphatic rings. The Morgan fingerprint density at radius 2 is 2.09 bits per heavy atom. The van der Waals surface area contributed by atoms with Gasteiger partial charge in [-0.05, 0) is 57.9 Å². The fourth-order valence-corrected chi connectivity index (χ4v) is 5.45. The smallest absolute Gasteiger partial charge is 0.247 e. The van der Waals surface area contributed by atoms with Crippen molar-refractivity contribution in [2.75, 3.05) is 11.1 Å². The normalized spacial score (nSPS) is 21.6. The number of unbranched alkanes of at least 4 members (excludes halogenated alkanes) is 1. The highest BCUT2D eigenvalue weighted by atomic mass is 32.2. The van der Waals surface area contributed by atoms with Crippen molar-refractivity contribution >= 4 is 17.4 Å². The van der Waals surface area contributed by atoms with Crippen molar-refractivity contribution in [1.82, 2.24) is 15.2 Å². The zero-order chi connectivity index (χ0) is 23.2. The standard InChI is InChI=1S/C27H36N4OS/c1-5-6-16-33-27-29-26-24(30-31-27)22-12-7-8-13-23(22)28-25(32-26)21-15-14-20(17-19(21)4)11-9-10-18(2)3/h7-8,10,12-14,19,21,25,28H,5-6,9,11,15-17H2,1-4H3/t19-,21-,25-/m0/s1. The van der Waals surface area contributed by atoms with Crippen LogP contribution in [0.25, 0.3) is 11.3 Å². The summed E-state index contributed by atoms with van der Waals surface area (Å²) >= 11 is 1.65. The lowest BCUT2D eigenvalue weighted by molar-refractivity contribution is 0.114. The average molecular weight is 465 g/mol. The fraction of sp³-hybridized carbons (Fsp3) is 0.519. The Hall–Kier alpha value is -2.34. The summed E-state index contributed by atoms with van der Waals surface area (Å²) in [6, 6.07) is 8.25. The summed E-state index contributed by atoms with van der Waals surface area (Å²) in [6.45, 7) is 8.89. The highest BCUT2D eigenvalue weighted by Gasteiger charge is 2.34. The van der Waals surface area contributed by atoms with Crippen molar-refractivity contribution in [3.05, 3.63) is 47.6 Å². The van der Waals surface area contributed by atoms with E-state index in [1.54, 1.807) is 17.3 Å². The number of thioether (sulfide) groups is 1. The van der Waals surface area contributed by atoms with Crippen molar-refractivity contribution in [2.24, 2.45) is 11.8 Å². The lowest BCUT2D eigenvalue weighted by Crippen LogP contribution is -2.39. The average Bonchev–Trinajstić information content (AvgIpc) is 2.95. The van der Waals surface area contributed by atoms with Crippen molar-refractivity contribution in [2.45, 2.75) is 77.6 Å². The van der Waals surface area contributed by atoms with Gasteiger partial charge in [0.1, 0.15) is 0 Å². The third-order valence-corrected chi connectivity index (χ3v) is 7.41. The van der Waals surface area contributed by atoms with E-state index in [-0.39, 0.29) is 6.23 Å². The number of rotatable bonds is 8. The van der Waals surface area contributed by atoms with Crippen LogP contribution in [0.1, 0.15) is 66.2 Å². The minimum absolute atomic E-state index is 0.150. The molecule has 4 rings (SSSR count). The molecule has 0 bridgehead atoms. The first-order valence-electron chi connectivity index (χ1n) is 12.3. The first kappa shape index (κ1) is 23.8. The third kappa shape index (κ3) is 5.97. The van der Waals surface area contributed by atoms with E-state index < -0.39 is 0 Å². The van der Waals surface area contributed by atoms with Gasteiger partial charge < -0.3 is 10.1 Å². The van der Waals surface area contributed by atoms with E-state index in [1.807, 2.05) is 6.07 Å². The van der Waals surface area contributed by atoms with E-state index in [0.717, 1.165) is 61.2 Å². The molecule has 5 nitrogen and oxygen atoms in total. The number of aromatic nitrogens is 3. The predicted octanol–water partition coefficient (Wildman–Crippen LogP) is 7.28. The van der Waals surface area contributed by atoms with E-state index in [1.165, 1.54) is 5.57 Å². The van der Waals surface area contributed by atoms with E-state index in [4.69, 9.17) is 9.72 Å². The molecule has 1 aliphatic carbocycles. The number of ether oxygens (including phenoxy) is 1. The maximum atomic E-state index is 6.57. The van der Waals surface area contributed by atoms with Gasteiger partial charge in [-0.2, -0.15) is 4.98 Å². The molecular weight excluding hydrogens is 428 g/mol. The first-order valence-corrected chi connectivity index (χ1v) is 13.2. The van der Waals surface area contributed by atoms with Crippen molar-refractivity contribution in [3.8, 4) is 17.1 Å². The Morgan fingerprint density at radius 3 is 2.88 bits per heavy atom. The van der Waals surface area contributed by atoms with Crippen LogP contribution in [0.5, 0.6) is 5.88 Å². The summed E-state index contributed by atoms with van der Waals surface area (Å²) in [5.74, 6) is 2.48. The molecule has 0 saturated carbocycles. The molecule has 1 aromatic heterocycles. The van der Waals surface area contributed by atoms with Gasteiger partial charge in [0.15, 0.2) is 11.9 Å². The van der Waals surface area contributed by atoms with E-state index in [0.29, 0.717) is 22.9 Å². The minimum atomic E-state index is -0.150. The van der Waals surface area contributed by atoms with Crippen molar-refractivity contribution in [1.29, 1.82) is 0 Å². The van der Waals surface area contributed by atoms with Crippen LogP contribution in [-0.2, 0) is 0 Å². The van der Waals surface area contributed by atoms with Crippen molar-refractivity contribution < 1.29 is 4.74 Å². The molecule has 0 saturated heterocycles. The number of hydrogen-bond acceptors (Lipinski definition) is 6. The number of hydrogen-bond donors (Lipinski definition) is 1. The zero-order valence-corrected chi connectivity index (χ0v) is 21.1. The molecule has 0 fully saturated rings. The zero-order valence-electron chi connectivity index (χ0n) is 20.3. The molecule has 33 heavy (non-hydrogen) atoms. The maximum absolute atomic E-state index is 6.57. The third-order valence-electron chi connectivity index (χ3n) is 6.48. The second-order valence-electron chi connectivity index (χ2n) is 9.44. The maximum Gasteiger partial charge on any atom is 0.247 e. The first-order chi connectivity index (χ1) is 16.0. The van der Waals surface area contributed by atoms with Gasteiger partial charge >= 0.3 is 0 Å². The molecule has 0 amide bonds. The highest BCUT2D eigenvalue weighted by molar-refractivity contribution is 7.99. The minimum Gasteiger partial charge on any atom is -0.452 e. The van der Waals surface area contributed by atoms with Crippen LogP contribution in [0.15, 0.2) is 52.7 Å². The Bertz CT molecular complexity index is 1010. The van der Waals surface area contributed by atoms with E-state index >= 15 is 0 Å². The van der Waals surface area contributed by atoms with Crippen LogP contribution >= 0.6 is 11.8 Å². The molecule has 0 radical (unpaired) electrons. The predicted molar refractivity (Wildman–Crippen MR) is 138 cm³/mol. The van der Waals surface area contributed by atoms with Gasteiger partial charge in [0.05, 0.1) is 0 Å². The molecular formula is C27H36N4OS. The number of nitrogens with zero attached hydrogens (tertiary/aromatic N) is 3. The summed E-state index contributed by atoms with van der Waals surface area (Å²) in [5, 5.41) is 13.3. The highest BCUT2D eigenvalue weighted by Crippen LogP contribution is 2.41.